The zero-order valence-electron chi connectivity index (χ0n) is 12.5. The van der Waals surface area contributed by atoms with Crippen LogP contribution in [-0.2, 0) is 4.74 Å². The average molecular weight is 292 g/mol. The van der Waals surface area contributed by atoms with Gasteiger partial charge in [0.1, 0.15) is 5.69 Å². The maximum absolute atomic E-state index is 11.7. The van der Waals surface area contributed by atoms with Crippen molar-refractivity contribution in [3.05, 3.63) is 33.9 Å². The molecule has 0 bridgehead atoms. The summed E-state index contributed by atoms with van der Waals surface area (Å²) in [6.45, 7) is 4.12. The second-order valence-corrected chi connectivity index (χ2v) is 5.49. The van der Waals surface area contributed by atoms with Crippen LogP contribution < -0.4 is 4.90 Å². The van der Waals surface area contributed by atoms with E-state index in [0.29, 0.717) is 11.3 Å². The summed E-state index contributed by atoms with van der Waals surface area (Å²) in [5.74, 6) is -0.483. The molecule has 0 saturated carbocycles. The molecule has 6 nitrogen and oxygen atoms in total. The highest BCUT2D eigenvalue weighted by atomic mass is 16.6. The number of piperidine rings is 1. The molecule has 0 aliphatic carbocycles. The number of anilines is 1. The monoisotopic (exact) mass is 292 g/mol. The molecule has 114 valence electrons. The predicted molar refractivity (Wildman–Crippen MR) is 79.7 cm³/mol. The first-order chi connectivity index (χ1) is 9.95. The maximum atomic E-state index is 11.7. The van der Waals surface area contributed by atoms with Gasteiger partial charge in [0, 0.05) is 18.2 Å². The summed E-state index contributed by atoms with van der Waals surface area (Å²) >= 11 is 0. The van der Waals surface area contributed by atoms with E-state index in [-0.39, 0.29) is 17.8 Å². The van der Waals surface area contributed by atoms with Crippen LogP contribution in [0.4, 0.5) is 11.4 Å². The summed E-state index contributed by atoms with van der Waals surface area (Å²) in [6.07, 6.45) is 3.09. The lowest BCUT2D eigenvalue weighted by molar-refractivity contribution is -0.384. The van der Waals surface area contributed by atoms with Gasteiger partial charge < -0.3 is 9.64 Å². The second-order valence-electron chi connectivity index (χ2n) is 5.49. The molecule has 1 fully saturated rings. The fourth-order valence-corrected chi connectivity index (χ4v) is 3.03. The van der Waals surface area contributed by atoms with Crippen LogP contribution in [0.2, 0.25) is 0 Å². The highest BCUT2D eigenvalue weighted by Crippen LogP contribution is 2.36. The maximum Gasteiger partial charge on any atom is 0.337 e. The largest absolute Gasteiger partial charge is 0.465 e. The van der Waals surface area contributed by atoms with Gasteiger partial charge in [0.25, 0.3) is 5.69 Å². The molecule has 1 aromatic rings. The van der Waals surface area contributed by atoms with Crippen molar-refractivity contribution < 1.29 is 14.5 Å². The van der Waals surface area contributed by atoms with Crippen molar-refractivity contribution in [1.82, 2.24) is 0 Å². The van der Waals surface area contributed by atoms with Gasteiger partial charge in [0.15, 0.2) is 0 Å². The minimum absolute atomic E-state index is 0.0308. The van der Waals surface area contributed by atoms with Crippen molar-refractivity contribution in [2.24, 2.45) is 0 Å². The van der Waals surface area contributed by atoms with E-state index in [1.165, 1.54) is 19.2 Å². The van der Waals surface area contributed by atoms with Gasteiger partial charge in [-0.2, -0.15) is 0 Å². The molecular weight excluding hydrogens is 272 g/mol. The molecule has 1 aliphatic rings. The summed E-state index contributed by atoms with van der Waals surface area (Å²) in [5, 5.41) is 11.3. The molecule has 1 heterocycles. The Morgan fingerprint density at radius 2 is 1.95 bits per heavy atom. The molecule has 0 unspecified atom stereocenters. The summed E-state index contributed by atoms with van der Waals surface area (Å²) in [7, 11) is 1.30. The molecule has 6 heteroatoms. The van der Waals surface area contributed by atoms with E-state index in [1.54, 1.807) is 6.07 Å². The Hall–Kier alpha value is -2.11. The molecule has 1 aliphatic heterocycles. The number of methoxy groups -OCH3 is 1. The van der Waals surface area contributed by atoms with Gasteiger partial charge >= 0.3 is 5.97 Å². The minimum Gasteiger partial charge on any atom is -0.465 e. The Morgan fingerprint density at radius 1 is 1.33 bits per heavy atom. The van der Waals surface area contributed by atoms with Gasteiger partial charge in [0.05, 0.1) is 17.6 Å². The molecular formula is C15H20N2O4. The quantitative estimate of drug-likeness (QED) is 0.486. The number of rotatable bonds is 3. The Bertz CT molecular complexity index is 549. The van der Waals surface area contributed by atoms with E-state index in [0.717, 1.165) is 19.3 Å². The number of carbonyl (C=O) groups excluding carboxylic acids is 1. The average Bonchev–Trinajstić information content (AvgIpc) is 2.46. The molecule has 21 heavy (non-hydrogen) atoms. The third-order valence-electron chi connectivity index (χ3n) is 4.06. The Labute approximate surface area is 123 Å². The Kier molecular flexibility index (Phi) is 4.45. The minimum atomic E-state index is -0.483. The number of nitrogens with zero attached hydrogens (tertiary/aromatic N) is 2. The molecule has 0 spiro atoms. The van der Waals surface area contributed by atoms with Crippen molar-refractivity contribution in [3.63, 3.8) is 0 Å². The highest BCUT2D eigenvalue weighted by molar-refractivity contribution is 5.91. The van der Waals surface area contributed by atoms with E-state index in [9.17, 15) is 14.9 Å². The molecule has 2 rings (SSSR count). The third-order valence-corrected chi connectivity index (χ3v) is 4.06. The van der Waals surface area contributed by atoms with E-state index >= 15 is 0 Å². The topological polar surface area (TPSA) is 72.7 Å². The number of benzene rings is 1. The van der Waals surface area contributed by atoms with Crippen LogP contribution in [0.3, 0.4) is 0 Å². The Balaban J connectivity index is 2.52. The first-order valence-corrected chi connectivity index (χ1v) is 7.10. The van der Waals surface area contributed by atoms with Crippen molar-refractivity contribution in [1.29, 1.82) is 0 Å². The molecule has 0 amide bonds. The zero-order chi connectivity index (χ0) is 15.6. The third kappa shape index (κ3) is 2.99. The number of hydrogen-bond acceptors (Lipinski definition) is 5. The van der Waals surface area contributed by atoms with Crippen LogP contribution in [0.1, 0.15) is 43.5 Å². The van der Waals surface area contributed by atoms with Gasteiger partial charge in [-0.25, -0.2) is 4.79 Å². The van der Waals surface area contributed by atoms with Crippen LogP contribution >= 0.6 is 0 Å². The summed E-state index contributed by atoms with van der Waals surface area (Å²) in [6, 6.07) is 4.81. The van der Waals surface area contributed by atoms with Crippen LogP contribution in [0.25, 0.3) is 0 Å². The van der Waals surface area contributed by atoms with Crippen molar-refractivity contribution >= 4 is 17.3 Å². The lowest BCUT2D eigenvalue weighted by atomic mass is 9.96. The van der Waals surface area contributed by atoms with Crippen molar-refractivity contribution in [2.75, 3.05) is 12.0 Å². The highest BCUT2D eigenvalue weighted by Gasteiger charge is 2.30. The summed E-state index contributed by atoms with van der Waals surface area (Å²) in [4.78, 5) is 24.6. The van der Waals surface area contributed by atoms with Crippen LogP contribution in [-0.4, -0.2) is 30.1 Å². The number of hydrogen-bond donors (Lipinski definition) is 0. The summed E-state index contributed by atoms with van der Waals surface area (Å²) < 4.78 is 4.71. The predicted octanol–water partition coefficient (Wildman–Crippen LogP) is 3.15. The number of nitro groups is 1. The number of carbonyl (C=O) groups is 1. The molecule has 1 aromatic carbocycles. The number of esters is 1. The van der Waals surface area contributed by atoms with Crippen LogP contribution in [0.15, 0.2) is 18.2 Å². The fraction of sp³-hybridized carbons (Fsp3) is 0.533. The normalized spacial score (nSPS) is 22.0. The zero-order valence-corrected chi connectivity index (χ0v) is 12.5. The molecule has 0 aromatic heterocycles. The van der Waals surface area contributed by atoms with E-state index in [1.807, 2.05) is 4.90 Å². The first-order valence-electron chi connectivity index (χ1n) is 7.10. The fourth-order valence-electron chi connectivity index (χ4n) is 3.03. The van der Waals surface area contributed by atoms with Gasteiger partial charge in [-0.3, -0.25) is 10.1 Å². The Morgan fingerprint density at radius 3 is 2.48 bits per heavy atom. The standard InChI is InChI=1S/C15H20N2O4/c1-10-5-4-6-11(2)16(10)14-9-12(15(18)21-3)7-8-13(14)17(19)20/h7-11H,4-6H2,1-3H3/t10-,11+. The lowest BCUT2D eigenvalue weighted by Crippen LogP contribution is -2.44. The van der Waals surface area contributed by atoms with E-state index in [2.05, 4.69) is 13.8 Å². The van der Waals surface area contributed by atoms with Crippen LogP contribution in [0, 0.1) is 10.1 Å². The van der Waals surface area contributed by atoms with Gasteiger partial charge in [-0.1, -0.05) is 0 Å². The van der Waals surface area contributed by atoms with Gasteiger partial charge in [0.2, 0.25) is 0 Å². The van der Waals surface area contributed by atoms with Gasteiger partial charge in [-0.05, 0) is 45.2 Å². The SMILES string of the molecule is COC(=O)c1ccc([N+](=O)[O-])c(N2[C@H](C)CCC[C@@H]2C)c1. The van der Waals surface area contributed by atoms with Gasteiger partial charge in [-0.15, -0.1) is 0 Å². The molecule has 0 N–H and O–H groups in total. The van der Waals surface area contributed by atoms with E-state index < -0.39 is 10.9 Å². The number of ether oxygens (including phenoxy) is 1. The summed E-state index contributed by atoms with van der Waals surface area (Å²) in [5.41, 5.74) is 0.869. The lowest BCUT2D eigenvalue weighted by Gasteiger charge is -2.40. The second kappa shape index (κ2) is 6.11. The number of nitro benzene ring substituents is 1. The smallest absolute Gasteiger partial charge is 0.337 e. The molecule has 0 radical (unpaired) electrons. The van der Waals surface area contributed by atoms with Crippen molar-refractivity contribution in [3.8, 4) is 0 Å². The first kappa shape index (κ1) is 15.3. The molecule has 2 atom stereocenters. The van der Waals surface area contributed by atoms with E-state index in [4.69, 9.17) is 4.74 Å². The molecule has 1 saturated heterocycles. The van der Waals surface area contributed by atoms with Crippen molar-refractivity contribution in [2.45, 2.75) is 45.2 Å². The van der Waals surface area contributed by atoms with Crippen LogP contribution in [0.5, 0.6) is 0 Å².